The van der Waals surface area contributed by atoms with Crippen LogP contribution < -0.4 is 5.32 Å². The topological polar surface area (TPSA) is 12.0 Å². The van der Waals surface area contributed by atoms with Crippen LogP contribution in [0.3, 0.4) is 0 Å². The van der Waals surface area contributed by atoms with Gasteiger partial charge in [-0.25, -0.2) is 4.39 Å². The molecule has 1 rings (SSSR count). The number of hydrogen-bond donors (Lipinski definition) is 1. The summed E-state index contributed by atoms with van der Waals surface area (Å²) in [5, 5.41) is 3.32. The molecule has 3 heteroatoms. The summed E-state index contributed by atoms with van der Waals surface area (Å²) in [7, 11) is 0. The van der Waals surface area contributed by atoms with E-state index in [-0.39, 0.29) is 5.82 Å². The van der Waals surface area contributed by atoms with Gasteiger partial charge in [-0.05, 0) is 53.3 Å². The normalized spacial score (nSPS) is 10.5. The first-order chi connectivity index (χ1) is 6.74. The molecule has 0 bridgehead atoms. The zero-order valence-electron chi connectivity index (χ0n) is 8.32. The first-order valence-electron chi connectivity index (χ1n) is 4.88. The molecule has 0 saturated carbocycles. The lowest BCUT2D eigenvalue weighted by Crippen LogP contribution is -2.14. The van der Waals surface area contributed by atoms with Gasteiger partial charge in [0.1, 0.15) is 5.82 Å². The minimum Gasteiger partial charge on any atom is -0.313 e. The van der Waals surface area contributed by atoms with Crippen LogP contribution in [0.15, 0.2) is 18.2 Å². The van der Waals surface area contributed by atoms with Crippen molar-refractivity contribution in [1.82, 2.24) is 5.32 Å². The van der Waals surface area contributed by atoms with Crippen molar-refractivity contribution in [2.45, 2.75) is 26.3 Å². The van der Waals surface area contributed by atoms with E-state index in [2.05, 4.69) is 12.2 Å². The van der Waals surface area contributed by atoms with Gasteiger partial charge in [-0.15, -0.1) is 0 Å². The molecule has 0 aliphatic carbocycles. The van der Waals surface area contributed by atoms with Crippen LogP contribution in [0.1, 0.15) is 25.3 Å². The van der Waals surface area contributed by atoms with Gasteiger partial charge in [0.15, 0.2) is 0 Å². The summed E-state index contributed by atoms with van der Waals surface area (Å²) in [6, 6.07) is 5.24. The molecule has 1 aromatic carbocycles. The summed E-state index contributed by atoms with van der Waals surface area (Å²) >= 11 is 2.02. The first kappa shape index (κ1) is 11.9. The van der Waals surface area contributed by atoms with Gasteiger partial charge in [0.05, 0.1) is 0 Å². The SMILES string of the molecule is CCCCNCc1ccc(F)c(I)c1. The number of halogens is 2. The predicted molar refractivity (Wildman–Crippen MR) is 65.7 cm³/mol. The molecule has 0 spiro atoms. The van der Waals surface area contributed by atoms with Gasteiger partial charge in [-0.3, -0.25) is 0 Å². The van der Waals surface area contributed by atoms with Gasteiger partial charge in [-0.2, -0.15) is 0 Å². The van der Waals surface area contributed by atoms with Crippen molar-refractivity contribution in [3.8, 4) is 0 Å². The third kappa shape index (κ3) is 3.92. The molecule has 0 aromatic heterocycles. The molecule has 0 amide bonds. The maximum absolute atomic E-state index is 12.9. The Balaban J connectivity index is 2.39. The van der Waals surface area contributed by atoms with Crippen LogP contribution in [-0.2, 0) is 6.54 Å². The molecule has 0 saturated heterocycles. The largest absolute Gasteiger partial charge is 0.313 e. The van der Waals surface area contributed by atoms with E-state index < -0.39 is 0 Å². The minimum atomic E-state index is -0.136. The zero-order valence-corrected chi connectivity index (χ0v) is 10.5. The Hall–Kier alpha value is -0.160. The summed E-state index contributed by atoms with van der Waals surface area (Å²) in [4.78, 5) is 0. The Bertz CT molecular complexity index is 289. The standard InChI is InChI=1S/C11H15FIN/c1-2-3-6-14-8-9-4-5-10(12)11(13)7-9/h4-5,7,14H,2-3,6,8H2,1H3. The molecule has 0 atom stereocenters. The van der Waals surface area contributed by atoms with Gasteiger partial charge in [0, 0.05) is 10.1 Å². The van der Waals surface area contributed by atoms with E-state index in [1.54, 1.807) is 0 Å². The molecule has 0 aliphatic heterocycles. The van der Waals surface area contributed by atoms with Crippen molar-refractivity contribution in [3.05, 3.63) is 33.1 Å². The average Bonchev–Trinajstić information content (AvgIpc) is 2.18. The van der Waals surface area contributed by atoms with Gasteiger partial charge < -0.3 is 5.32 Å². The maximum atomic E-state index is 12.9. The van der Waals surface area contributed by atoms with Crippen LogP contribution in [0, 0.1) is 9.39 Å². The summed E-state index contributed by atoms with van der Waals surface area (Å²) in [5.74, 6) is -0.136. The van der Waals surface area contributed by atoms with Crippen molar-refractivity contribution in [2.75, 3.05) is 6.54 Å². The number of nitrogens with one attached hydrogen (secondary N) is 1. The van der Waals surface area contributed by atoms with Crippen molar-refractivity contribution in [3.63, 3.8) is 0 Å². The quantitative estimate of drug-likeness (QED) is 0.650. The Morgan fingerprint density at radius 2 is 2.21 bits per heavy atom. The van der Waals surface area contributed by atoms with Crippen LogP contribution >= 0.6 is 22.6 Å². The van der Waals surface area contributed by atoms with E-state index in [9.17, 15) is 4.39 Å². The highest BCUT2D eigenvalue weighted by Gasteiger charge is 1.99. The molecule has 1 N–H and O–H groups in total. The summed E-state index contributed by atoms with van der Waals surface area (Å²) < 4.78 is 13.6. The number of hydrogen-bond acceptors (Lipinski definition) is 1. The third-order valence-corrected chi connectivity index (χ3v) is 2.85. The lowest BCUT2D eigenvalue weighted by Gasteiger charge is -2.04. The molecule has 0 radical (unpaired) electrons. The van der Waals surface area contributed by atoms with Crippen LogP contribution in [-0.4, -0.2) is 6.54 Å². The van der Waals surface area contributed by atoms with Gasteiger partial charge in [-0.1, -0.05) is 19.4 Å². The van der Waals surface area contributed by atoms with Crippen LogP contribution in [0.5, 0.6) is 0 Å². The molecule has 0 aliphatic rings. The van der Waals surface area contributed by atoms with E-state index in [1.807, 2.05) is 34.7 Å². The van der Waals surface area contributed by atoms with E-state index in [1.165, 1.54) is 18.9 Å². The third-order valence-electron chi connectivity index (χ3n) is 2.02. The molecule has 0 fully saturated rings. The van der Waals surface area contributed by atoms with Crippen LogP contribution in [0.25, 0.3) is 0 Å². The van der Waals surface area contributed by atoms with Gasteiger partial charge >= 0.3 is 0 Å². The Kier molecular flexibility index (Phi) is 5.40. The fraction of sp³-hybridized carbons (Fsp3) is 0.455. The number of rotatable bonds is 5. The average molecular weight is 307 g/mol. The fourth-order valence-corrected chi connectivity index (χ4v) is 1.76. The smallest absolute Gasteiger partial charge is 0.136 e. The monoisotopic (exact) mass is 307 g/mol. The predicted octanol–water partition coefficient (Wildman–Crippen LogP) is 3.32. The fourth-order valence-electron chi connectivity index (χ4n) is 1.18. The highest BCUT2D eigenvalue weighted by atomic mass is 127. The summed E-state index contributed by atoms with van der Waals surface area (Å²) in [6.07, 6.45) is 2.40. The van der Waals surface area contributed by atoms with Gasteiger partial charge in [0.2, 0.25) is 0 Å². The second-order valence-electron chi connectivity index (χ2n) is 3.28. The Morgan fingerprint density at radius 3 is 2.86 bits per heavy atom. The Morgan fingerprint density at radius 1 is 1.43 bits per heavy atom. The summed E-state index contributed by atoms with van der Waals surface area (Å²) in [6.45, 7) is 4.03. The van der Waals surface area contributed by atoms with Crippen LogP contribution in [0.4, 0.5) is 4.39 Å². The lowest BCUT2D eigenvalue weighted by atomic mass is 10.2. The highest BCUT2D eigenvalue weighted by Crippen LogP contribution is 2.12. The number of benzene rings is 1. The van der Waals surface area contributed by atoms with Crippen molar-refractivity contribution in [2.24, 2.45) is 0 Å². The Labute approximate surface area is 98.2 Å². The molecular weight excluding hydrogens is 292 g/mol. The van der Waals surface area contributed by atoms with E-state index >= 15 is 0 Å². The second-order valence-corrected chi connectivity index (χ2v) is 4.44. The van der Waals surface area contributed by atoms with Crippen molar-refractivity contribution in [1.29, 1.82) is 0 Å². The van der Waals surface area contributed by atoms with Crippen molar-refractivity contribution < 1.29 is 4.39 Å². The molecule has 0 unspecified atom stereocenters. The van der Waals surface area contributed by atoms with E-state index in [0.717, 1.165) is 18.7 Å². The second kappa shape index (κ2) is 6.35. The van der Waals surface area contributed by atoms with Crippen molar-refractivity contribution >= 4 is 22.6 Å². The van der Waals surface area contributed by atoms with Gasteiger partial charge in [0.25, 0.3) is 0 Å². The molecule has 0 heterocycles. The molecule has 78 valence electrons. The summed E-state index contributed by atoms with van der Waals surface area (Å²) in [5.41, 5.74) is 1.15. The molecule has 14 heavy (non-hydrogen) atoms. The first-order valence-corrected chi connectivity index (χ1v) is 5.96. The zero-order chi connectivity index (χ0) is 10.4. The lowest BCUT2D eigenvalue weighted by molar-refractivity contribution is 0.614. The molecule has 1 aromatic rings. The minimum absolute atomic E-state index is 0.136. The molecule has 1 nitrogen and oxygen atoms in total. The van der Waals surface area contributed by atoms with Crippen LogP contribution in [0.2, 0.25) is 0 Å². The number of unbranched alkanes of at least 4 members (excludes halogenated alkanes) is 1. The van der Waals surface area contributed by atoms with E-state index in [4.69, 9.17) is 0 Å². The van der Waals surface area contributed by atoms with E-state index in [0.29, 0.717) is 3.57 Å². The highest BCUT2D eigenvalue weighted by molar-refractivity contribution is 14.1. The molecular formula is C11H15FIN. The maximum Gasteiger partial charge on any atom is 0.136 e.